The number of amides is 2. The van der Waals surface area contributed by atoms with Crippen molar-refractivity contribution in [1.29, 1.82) is 0 Å². The van der Waals surface area contributed by atoms with E-state index in [1.807, 2.05) is 42.7 Å². The largest absolute Gasteiger partial charge is 0.342 e. The second kappa shape index (κ2) is 11.7. The number of carbonyl (C=O) groups is 2. The van der Waals surface area contributed by atoms with Crippen LogP contribution in [-0.2, 0) is 11.3 Å². The molecule has 2 heterocycles. The van der Waals surface area contributed by atoms with Crippen LogP contribution in [0.5, 0.6) is 0 Å². The Balaban J connectivity index is 1.48. The van der Waals surface area contributed by atoms with Gasteiger partial charge in [-0.05, 0) is 30.2 Å². The topological polar surface area (TPSA) is 102 Å². The van der Waals surface area contributed by atoms with Crippen molar-refractivity contribution in [1.82, 2.24) is 25.1 Å². The summed E-state index contributed by atoms with van der Waals surface area (Å²) in [7, 11) is 0. The normalized spacial score (nSPS) is 12.0. The van der Waals surface area contributed by atoms with Gasteiger partial charge in [-0.1, -0.05) is 78.9 Å². The highest BCUT2D eigenvalue weighted by atomic mass is 35.5. The molecule has 0 aliphatic heterocycles. The van der Waals surface area contributed by atoms with Gasteiger partial charge in [0.25, 0.3) is 5.91 Å². The van der Waals surface area contributed by atoms with Gasteiger partial charge >= 0.3 is 0 Å². The van der Waals surface area contributed by atoms with Crippen LogP contribution in [0.15, 0.2) is 66.3 Å². The molecule has 36 heavy (non-hydrogen) atoms. The van der Waals surface area contributed by atoms with Gasteiger partial charge in [0.2, 0.25) is 5.91 Å². The van der Waals surface area contributed by atoms with Crippen molar-refractivity contribution in [2.75, 3.05) is 11.1 Å². The summed E-state index contributed by atoms with van der Waals surface area (Å²) >= 11 is 8.90. The SMILES string of the molecule is C=CCn1c(SCC(=O)Nc2nc3ccccc3s2)nnc1[C@@H](NC(=O)c1ccccc1Cl)C(C)C. The number of nitrogens with zero attached hydrogens (tertiary/aromatic N) is 4. The number of benzene rings is 2. The van der Waals surface area contributed by atoms with Crippen molar-refractivity contribution < 1.29 is 9.59 Å². The Kier molecular flexibility index (Phi) is 8.40. The first-order chi connectivity index (χ1) is 17.4. The third-order valence-corrected chi connectivity index (χ3v) is 7.53. The van der Waals surface area contributed by atoms with Crippen LogP contribution in [0.4, 0.5) is 5.13 Å². The Morgan fingerprint density at radius 3 is 2.64 bits per heavy atom. The molecule has 0 fully saturated rings. The average molecular weight is 541 g/mol. The lowest BCUT2D eigenvalue weighted by Crippen LogP contribution is -2.34. The lowest BCUT2D eigenvalue weighted by Gasteiger charge is -2.22. The highest BCUT2D eigenvalue weighted by molar-refractivity contribution is 7.99. The standard InChI is InChI=1S/C25H25ClN6O2S2/c1-4-13-32-22(21(15(2)3)29-23(34)16-9-5-6-10-17(16)26)30-31-25(32)35-14-20(33)28-24-27-18-11-7-8-12-19(18)36-24/h4-12,15,21H,1,13-14H2,2-3H3,(H,29,34)(H,27,28,33)/t21-/m0/s1. The first-order valence-electron chi connectivity index (χ1n) is 11.2. The molecule has 0 saturated carbocycles. The van der Waals surface area contributed by atoms with Crippen molar-refractivity contribution in [2.45, 2.75) is 31.6 Å². The van der Waals surface area contributed by atoms with Gasteiger partial charge in [0.05, 0.1) is 32.6 Å². The monoisotopic (exact) mass is 540 g/mol. The number of nitrogens with one attached hydrogen (secondary N) is 2. The Morgan fingerprint density at radius 1 is 1.17 bits per heavy atom. The average Bonchev–Trinajstić information content (AvgIpc) is 3.44. The van der Waals surface area contributed by atoms with Crippen molar-refractivity contribution in [2.24, 2.45) is 5.92 Å². The van der Waals surface area contributed by atoms with Gasteiger partial charge in [-0.25, -0.2) is 4.98 Å². The van der Waals surface area contributed by atoms with E-state index in [0.29, 0.717) is 33.2 Å². The fourth-order valence-corrected chi connectivity index (χ4v) is 5.40. The fourth-order valence-electron chi connectivity index (χ4n) is 3.54. The van der Waals surface area contributed by atoms with Crippen LogP contribution in [0.1, 0.15) is 36.1 Å². The summed E-state index contributed by atoms with van der Waals surface area (Å²) in [5, 5.41) is 16.1. The molecule has 11 heteroatoms. The van der Waals surface area contributed by atoms with Crippen molar-refractivity contribution >= 4 is 61.9 Å². The van der Waals surface area contributed by atoms with E-state index in [4.69, 9.17) is 11.6 Å². The van der Waals surface area contributed by atoms with Crippen LogP contribution < -0.4 is 10.6 Å². The molecule has 0 aliphatic rings. The Labute approximate surface area is 222 Å². The first-order valence-corrected chi connectivity index (χ1v) is 13.4. The number of para-hydroxylation sites is 1. The summed E-state index contributed by atoms with van der Waals surface area (Å²) in [6.07, 6.45) is 1.73. The Hall–Kier alpha value is -3.21. The van der Waals surface area contributed by atoms with Crippen molar-refractivity contribution in [3.63, 3.8) is 0 Å². The van der Waals surface area contributed by atoms with Crippen LogP contribution in [0, 0.1) is 5.92 Å². The van der Waals surface area contributed by atoms with E-state index in [1.165, 1.54) is 23.1 Å². The number of rotatable bonds is 10. The summed E-state index contributed by atoms with van der Waals surface area (Å²) in [5.74, 6) is 0.241. The van der Waals surface area contributed by atoms with Gasteiger partial charge in [0.1, 0.15) is 0 Å². The van der Waals surface area contributed by atoms with E-state index >= 15 is 0 Å². The van der Waals surface area contributed by atoms with Gasteiger partial charge in [-0.2, -0.15) is 0 Å². The third-order valence-electron chi connectivity index (χ3n) is 5.28. The predicted octanol–water partition coefficient (Wildman–Crippen LogP) is 5.59. The number of thiazole rings is 1. The van der Waals surface area contributed by atoms with E-state index in [2.05, 4.69) is 32.4 Å². The molecule has 0 bridgehead atoms. The minimum atomic E-state index is -0.424. The predicted molar refractivity (Wildman–Crippen MR) is 146 cm³/mol. The molecule has 2 aromatic carbocycles. The molecule has 0 radical (unpaired) electrons. The summed E-state index contributed by atoms with van der Waals surface area (Å²) in [4.78, 5) is 30.0. The number of aromatic nitrogens is 4. The van der Waals surface area contributed by atoms with Gasteiger partial charge in [0.15, 0.2) is 16.1 Å². The minimum absolute atomic E-state index is 0.0180. The number of hydrogen-bond donors (Lipinski definition) is 2. The Morgan fingerprint density at radius 2 is 1.92 bits per heavy atom. The summed E-state index contributed by atoms with van der Waals surface area (Å²) in [6, 6.07) is 14.2. The molecule has 8 nitrogen and oxygen atoms in total. The van der Waals surface area contributed by atoms with Crippen LogP contribution in [0.25, 0.3) is 10.2 Å². The lowest BCUT2D eigenvalue weighted by molar-refractivity contribution is -0.113. The number of allylic oxidation sites excluding steroid dienone is 1. The zero-order valence-corrected chi connectivity index (χ0v) is 22.2. The highest BCUT2D eigenvalue weighted by Gasteiger charge is 2.27. The van der Waals surface area contributed by atoms with Gasteiger partial charge < -0.3 is 15.2 Å². The molecule has 0 unspecified atom stereocenters. The number of thioether (sulfide) groups is 1. The molecule has 0 spiro atoms. The molecule has 4 aromatic rings. The number of hydrogen-bond acceptors (Lipinski definition) is 7. The summed E-state index contributed by atoms with van der Waals surface area (Å²) in [6.45, 7) is 8.24. The molecular formula is C25H25ClN6O2S2. The van der Waals surface area contributed by atoms with Crippen molar-refractivity contribution in [3.05, 3.63) is 77.6 Å². The first kappa shape index (κ1) is 25.9. The van der Waals surface area contributed by atoms with Crippen LogP contribution in [0.3, 0.4) is 0 Å². The van der Waals surface area contributed by atoms with Crippen molar-refractivity contribution in [3.8, 4) is 0 Å². The fraction of sp³-hybridized carbons (Fsp3) is 0.240. The Bertz CT molecular complexity index is 1370. The molecule has 186 valence electrons. The smallest absolute Gasteiger partial charge is 0.253 e. The van der Waals surface area contributed by atoms with E-state index in [-0.39, 0.29) is 23.5 Å². The summed E-state index contributed by atoms with van der Waals surface area (Å²) < 4.78 is 2.87. The van der Waals surface area contributed by atoms with Gasteiger partial charge in [-0.3, -0.25) is 9.59 Å². The van der Waals surface area contributed by atoms with Gasteiger partial charge in [0, 0.05) is 6.54 Å². The third kappa shape index (κ3) is 5.95. The second-order valence-corrected chi connectivity index (χ2v) is 10.6. The van der Waals surface area contributed by atoms with E-state index in [0.717, 1.165) is 10.2 Å². The second-order valence-electron chi connectivity index (χ2n) is 8.24. The van der Waals surface area contributed by atoms with E-state index in [1.54, 1.807) is 30.3 Å². The van der Waals surface area contributed by atoms with Crippen LogP contribution in [-0.4, -0.2) is 37.3 Å². The zero-order chi connectivity index (χ0) is 25.7. The maximum Gasteiger partial charge on any atom is 0.253 e. The van der Waals surface area contributed by atoms with Gasteiger partial charge in [-0.15, -0.1) is 16.8 Å². The molecule has 0 aliphatic carbocycles. The highest BCUT2D eigenvalue weighted by Crippen LogP contribution is 2.28. The maximum atomic E-state index is 12.9. The molecule has 2 N–H and O–H groups in total. The van der Waals surface area contributed by atoms with Crippen LogP contribution in [0.2, 0.25) is 5.02 Å². The molecule has 1 atom stereocenters. The molecule has 2 aromatic heterocycles. The quantitative estimate of drug-likeness (QED) is 0.201. The zero-order valence-electron chi connectivity index (χ0n) is 19.8. The number of carbonyl (C=O) groups excluding carboxylic acids is 2. The van der Waals surface area contributed by atoms with Crippen LogP contribution >= 0.6 is 34.7 Å². The molecule has 2 amide bonds. The molecule has 4 rings (SSSR count). The molecule has 0 saturated heterocycles. The number of fused-ring (bicyclic) bond motifs is 1. The lowest BCUT2D eigenvalue weighted by atomic mass is 10.0. The maximum absolute atomic E-state index is 12.9. The minimum Gasteiger partial charge on any atom is -0.342 e. The van der Waals surface area contributed by atoms with E-state index < -0.39 is 6.04 Å². The molecular weight excluding hydrogens is 516 g/mol. The number of anilines is 1. The summed E-state index contributed by atoms with van der Waals surface area (Å²) in [5.41, 5.74) is 1.24. The van der Waals surface area contributed by atoms with E-state index in [9.17, 15) is 9.59 Å². The number of halogens is 1.